The summed E-state index contributed by atoms with van der Waals surface area (Å²) in [5.41, 5.74) is 8.41. The molecular weight excluding hydrogens is 382 g/mol. The number of aromatic nitrogens is 1. The van der Waals surface area contributed by atoms with Gasteiger partial charge in [0.2, 0.25) is 23.5 Å². The topological polar surface area (TPSA) is 20.9 Å². The fraction of sp³-hybridized carbons (Fsp3) is 0.200. The average Bonchev–Trinajstić information content (AvgIpc) is 2.95. The van der Waals surface area contributed by atoms with Crippen molar-refractivity contribution in [2.75, 3.05) is 0 Å². The Labute approximate surface area is 157 Å². The van der Waals surface area contributed by atoms with Crippen LogP contribution in [0.5, 0.6) is 0 Å². The summed E-state index contributed by atoms with van der Waals surface area (Å²) >= 11 is 1.62. The summed E-state index contributed by atoms with van der Waals surface area (Å²) < 4.78 is 2.04. The molecule has 0 fully saturated rings. The van der Waals surface area contributed by atoms with Gasteiger partial charge in [0.05, 0.1) is 5.38 Å². The molecule has 124 valence electrons. The zero-order valence-corrected chi connectivity index (χ0v) is 16.4. The number of hydrogen-bond acceptors (Lipinski definition) is 2. The van der Waals surface area contributed by atoms with Crippen LogP contribution < -0.4 is 21.5 Å². The van der Waals surface area contributed by atoms with Crippen LogP contribution in [0.4, 0.5) is 0 Å². The normalized spacial score (nSPS) is 10.3. The number of rotatable bonds is 4. The van der Waals surface area contributed by atoms with Crippen molar-refractivity contribution in [3.05, 3.63) is 75.6 Å². The minimum absolute atomic E-state index is 0. The van der Waals surface area contributed by atoms with Gasteiger partial charge in [0, 0.05) is 11.1 Å². The summed E-state index contributed by atoms with van der Waals surface area (Å²) in [6.07, 6.45) is 0. The largest absolute Gasteiger partial charge is 1.00 e. The van der Waals surface area contributed by atoms with Crippen molar-refractivity contribution < 1.29 is 26.3 Å². The smallest absolute Gasteiger partial charge is 0.228 e. The Hall–Kier alpha value is -1.78. The molecule has 0 atom stereocenters. The predicted molar refractivity (Wildman–Crippen MR) is 94.9 cm³/mol. The van der Waals surface area contributed by atoms with Gasteiger partial charge >= 0.3 is 0 Å². The Kier molecular flexibility index (Phi) is 6.08. The highest BCUT2D eigenvalue weighted by molar-refractivity contribution is 7.07. The quantitative estimate of drug-likeness (QED) is 0.479. The summed E-state index contributed by atoms with van der Waals surface area (Å²) in [4.78, 5) is 12.8. The van der Waals surface area contributed by atoms with Crippen LogP contribution in [-0.2, 0) is 6.54 Å². The molecule has 3 aromatic rings. The number of halogens is 1. The van der Waals surface area contributed by atoms with E-state index in [4.69, 9.17) is 0 Å². The van der Waals surface area contributed by atoms with Crippen LogP contribution in [0.3, 0.4) is 0 Å². The molecule has 2 nitrogen and oxygen atoms in total. The summed E-state index contributed by atoms with van der Waals surface area (Å²) in [6, 6.07) is 14.4. The molecular formula is C20H20BrNOS. The van der Waals surface area contributed by atoms with Crippen molar-refractivity contribution >= 4 is 17.1 Å². The van der Waals surface area contributed by atoms with Gasteiger partial charge in [-0.2, -0.15) is 4.57 Å². The lowest BCUT2D eigenvalue weighted by Gasteiger charge is -2.09. The molecule has 3 rings (SSSR count). The van der Waals surface area contributed by atoms with Crippen LogP contribution >= 0.6 is 11.3 Å². The van der Waals surface area contributed by atoms with Crippen LogP contribution in [-0.4, -0.2) is 5.78 Å². The Morgan fingerprint density at radius 2 is 1.67 bits per heavy atom. The Morgan fingerprint density at radius 1 is 1.04 bits per heavy atom. The molecule has 0 aliphatic heterocycles. The van der Waals surface area contributed by atoms with E-state index in [0.717, 1.165) is 27.9 Å². The van der Waals surface area contributed by atoms with Crippen molar-refractivity contribution in [3.63, 3.8) is 0 Å². The number of aryl methyl sites for hydroxylation is 3. The molecule has 0 N–H and O–H groups in total. The zero-order valence-electron chi connectivity index (χ0n) is 14.0. The molecule has 0 radical (unpaired) electrons. The summed E-state index contributed by atoms with van der Waals surface area (Å²) in [7, 11) is 0. The third-order valence-corrected chi connectivity index (χ3v) is 4.75. The van der Waals surface area contributed by atoms with Gasteiger partial charge in [0.25, 0.3) is 0 Å². The number of nitrogens with zero attached hydrogens (tertiary/aromatic N) is 1. The van der Waals surface area contributed by atoms with E-state index >= 15 is 0 Å². The lowest BCUT2D eigenvalue weighted by Crippen LogP contribution is -3.00. The molecule has 1 heterocycles. The van der Waals surface area contributed by atoms with Crippen LogP contribution in [0, 0.1) is 20.8 Å². The van der Waals surface area contributed by atoms with Crippen LogP contribution in [0.15, 0.2) is 53.4 Å². The number of benzene rings is 2. The molecule has 0 unspecified atom stereocenters. The van der Waals surface area contributed by atoms with Crippen molar-refractivity contribution in [1.29, 1.82) is 0 Å². The monoisotopic (exact) mass is 401 g/mol. The van der Waals surface area contributed by atoms with Gasteiger partial charge in [-0.1, -0.05) is 47.2 Å². The molecule has 4 heteroatoms. The van der Waals surface area contributed by atoms with E-state index in [1.165, 1.54) is 5.56 Å². The first-order valence-corrected chi connectivity index (χ1v) is 8.62. The molecule has 0 aliphatic rings. The highest BCUT2D eigenvalue weighted by Gasteiger charge is 2.21. The molecule has 1 aromatic heterocycles. The van der Waals surface area contributed by atoms with E-state index in [1.54, 1.807) is 11.3 Å². The third kappa shape index (κ3) is 3.82. The average molecular weight is 402 g/mol. The first-order valence-electron chi connectivity index (χ1n) is 7.68. The van der Waals surface area contributed by atoms with E-state index < -0.39 is 0 Å². The van der Waals surface area contributed by atoms with Crippen LogP contribution in [0.25, 0.3) is 11.3 Å². The summed E-state index contributed by atoms with van der Waals surface area (Å²) in [6.45, 7) is 6.47. The zero-order chi connectivity index (χ0) is 16.4. The van der Waals surface area contributed by atoms with E-state index in [1.807, 2.05) is 42.1 Å². The number of Topliss-reactive ketones (excluding diaryl/α,β-unsaturated/α-hetero) is 1. The van der Waals surface area contributed by atoms with Gasteiger partial charge in [0.1, 0.15) is 0 Å². The molecule has 0 saturated heterocycles. The van der Waals surface area contributed by atoms with Gasteiger partial charge in [-0.15, -0.1) is 0 Å². The van der Waals surface area contributed by atoms with Crippen molar-refractivity contribution in [1.82, 2.24) is 0 Å². The minimum atomic E-state index is 0. The molecule has 24 heavy (non-hydrogen) atoms. The van der Waals surface area contributed by atoms with Crippen molar-refractivity contribution in [3.8, 4) is 11.3 Å². The first kappa shape index (κ1) is 18.6. The lowest BCUT2D eigenvalue weighted by molar-refractivity contribution is -0.667. The Bertz CT molecular complexity index is 832. The number of carbonyl (C=O) groups is 1. The fourth-order valence-corrected chi connectivity index (χ4v) is 3.91. The SMILES string of the molecule is Cc1cc(C)c(C(=O)C[n+]2cscc2-c2ccccc2)c(C)c1.[Br-]. The molecule has 0 aliphatic carbocycles. The van der Waals surface area contributed by atoms with Gasteiger partial charge < -0.3 is 17.0 Å². The third-order valence-electron chi connectivity index (χ3n) is 4.02. The van der Waals surface area contributed by atoms with Gasteiger partial charge in [-0.05, 0) is 44.0 Å². The fourth-order valence-electron chi connectivity index (χ4n) is 3.11. The molecule has 2 aromatic carbocycles. The Morgan fingerprint density at radius 3 is 2.29 bits per heavy atom. The highest BCUT2D eigenvalue weighted by Crippen LogP contribution is 2.19. The van der Waals surface area contributed by atoms with Gasteiger partial charge in [-0.25, -0.2) is 0 Å². The van der Waals surface area contributed by atoms with Crippen LogP contribution in [0.1, 0.15) is 27.0 Å². The van der Waals surface area contributed by atoms with Gasteiger partial charge in [-0.3, -0.25) is 4.79 Å². The van der Waals surface area contributed by atoms with Gasteiger partial charge in [0.15, 0.2) is 0 Å². The second kappa shape index (κ2) is 7.86. The first-order chi connectivity index (χ1) is 11.1. The highest BCUT2D eigenvalue weighted by atomic mass is 79.9. The van der Waals surface area contributed by atoms with E-state index in [0.29, 0.717) is 6.54 Å². The maximum Gasteiger partial charge on any atom is 0.228 e. The van der Waals surface area contributed by atoms with E-state index in [-0.39, 0.29) is 22.8 Å². The standard InChI is InChI=1S/C20H20NOS.BrH/c1-14-9-15(2)20(16(3)10-14)19(22)11-21-13-23-12-18(21)17-7-5-4-6-8-17;/h4-10,12-13H,11H2,1-3H3;1H/q+1;/p-1. The van der Waals surface area contributed by atoms with Crippen LogP contribution in [0.2, 0.25) is 0 Å². The van der Waals surface area contributed by atoms with E-state index in [2.05, 4.69) is 36.6 Å². The number of thiazole rings is 1. The van der Waals surface area contributed by atoms with E-state index in [9.17, 15) is 4.79 Å². The number of carbonyl (C=O) groups excluding carboxylic acids is 1. The van der Waals surface area contributed by atoms with Crippen molar-refractivity contribution in [2.45, 2.75) is 27.3 Å². The molecule has 0 spiro atoms. The maximum absolute atomic E-state index is 12.8. The maximum atomic E-state index is 12.8. The van der Waals surface area contributed by atoms with Crippen molar-refractivity contribution in [2.24, 2.45) is 0 Å². The molecule has 0 amide bonds. The number of ketones is 1. The second-order valence-corrected chi connectivity index (χ2v) is 6.65. The molecule has 0 bridgehead atoms. The Balaban J connectivity index is 0.00000208. The molecule has 0 saturated carbocycles. The lowest BCUT2D eigenvalue weighted by atomic mass is 9.96. The summed E-state index contributed by atoms with van der Waals surface area (Å²) in [5.74, 6) is 0.167. The summed E-state index contributed by atoms with van der Waals surface area (Å²) in [5, 5.41) is 2.09. The predicted octanol–water partition coefficient (Wildman–Crippen LogP) is 1.51. The second-order valence-electron chi connectivity index (χ2n) is 5.94. The minimum Gasteiger partial charge on any atom is -1.00 e. The number of hydrogen-bond donors (Lipinski definition) is 0.